The lowest BCUT2D eigenvalue weighted by Gasteiger charge is -2.44. The van der Waals surface area contributed by atoms with Gasteiger partial charge < -0.3 is 19.5 Å². The number of likely N-dealkylation sites (tertiary alicyclic amines) is 1. The molecule has 1 fully saturated rings. The maximum Gasteiger partial charge on any atom is 0.259 e. The van der Waals surface area contributed by atoms with Crippen LogP contribution in [-0.2, 0) is 11.2 Å². The van der Waals surface area contributed by atoms with Gasteiger partial charge in [-0.15, -0.1) is 0 Å². The van der Waals surface area contributed by atoms with Crippen molar-refractivity contribution in [3.8, 4) is 11.5 Å². The molecule has 4 rings (SSSR count). The summed E-state index contributed by atoms with van der Waals surface area (Å²) in [6.07, 6.45) is 3.92. The van der Waals surface area contributed by atoms with Crippen molar-refractivity contribution >= 4 is 17.5 Å². The molecular weight excluding hydrogens is 408 g/mol. The van der Waals surface area contributed by atoms with Gasteiger partial charge in [-0.2, -0.15) is 0 Å². The minimum Gasteiger partial charge on any atom is -0.497 e. The molecule has 170 valence electrons. The fraction of sp³-hybridized carbons (Fsp3) is 0.440. The second-order valence-electron chi connectivity index (χ2n) is 8.16. The molecule has 0 radical (unpaired) electrons. The third-order valence-electron chi connectivity index (χ3n) is 6.14. The van der Waals surface area contributed by atoms with Crippen molar-refractivity contribution in [3.63, 3.8) is 0 Å². The molecule has 1 saturated heterocycles. The number of piperidine rings is 1. The summed E-state index contributed by atoms with van der Waals surface area (Å²) in [6, 6.07) is 13.1. The molecule has 2 amide bonds. The molecule has 0 saturated carbocycles. The first-order valence-corrected chi connectivity index (χ1v) is 11.3. The Kier molecular flexibility index (Phi) is 6.95. The number of carbonyl (C=O) groups is 2. The van der Waals surface area contributed by atoms with E-state index in [-0.39, 0.29) is 24.6 Å². The van der Waals surface area contributed by atoms with Crippen LogP contribution in [0.1, 0.15) is 48.0 Å². The Hall–Kier alpha value is -3.06. The predicted molar refractivity (Wildman–Crippen MR) is 121 cm³/mol. The van der Waals surface area contributed by atoms with Gasteiger partial charge in [0.1, 0.15) is 17.7 Å². The van der Waals surface area contributed by atoms with E-state index in [0.717, 1.165) is 36.9 Å². The van der Waals surface area contributed by atoms with Crippen molar-refractivity contribution in [2.24, 2.45) is 0 Å². The third-order valence-corrected chi connectivity index (χ3v) is 6.14. The van der Waals surface area contributed by atoms with Crippen molar-refractivity contribution < 1.29 is 24.2 Å². The van der Waals surface area contributed by atoms with E-state index in [1.165, 1.54) is 0 Å². The summed E-state index contributed by atoms with van der Waals surface area (Å²) >= 11 is 0. The zero-order valence-electron chi connectivity index (χ0n) is 18.5. The van der Waals surface area contributed by atoms with Crippen molar-refractivity contribution in [1.82, 2.24) is 4.90 Å². The summed E-state index contributed by atoms with van der Waals surface area (Å²) in [5.41, 5.74) is 2.48. The second-order valence-corrected chi connectivity index (χ2v) is 8.16. The van der Waals surface area contributed by atoms with E-state index in [1.807, 2.05) is 28.0 Å². The van der Waals surface area contributed by atoms with Gasteiger partial charge in [0.25, 0.3) is 5.91 Å². The zero-order valence-corrected chi connectivity index (χ0v) is 18.5. The lowest BCUT2D eigenvalue weighted by molar-refractivity contribution is -0.120. The summed E-state index contributed by atoms with van der Waals surface area (Å²) in [5, 5.41) is 9.09. The normalized spacial score (nSPS) is 18.3. The summed E-state index contributed by atoms with van der Waals surface area (Å²) < 4.78 is 11.1. The highest BCUT2D eigenvalue weighted by Crippen LogP contribution is 2.35. The fourth-order valence-electron chi connectivity index (χ4n) is 4.53. The number of para-hydroxylation sites is 1. The van der Waals surface area contributed by atoms with Gasteiger partial charge in [0.2, 0.25) is 5.91 Å². The number of ether oxygens (including phenoxy) is 2. The monoisotopic (exact) mass is 438 g/mol. The molecule has 0 bridgehead atoms. The van der Waals surface area contributed by atoms with E-state index in [2.05, 4.69) is 6.07 Å². The van der Waals surface area contributed by atoms with E-state index in [0.29, 0.717) is 43.1 Å². The van der Waals surface area contributed by atoms with Crippen molar-refractivity contribution in [3.05, 3.63) is 53.6 Å². The number of hydrogen-bond acceptors (Lipinski definition) is 5. The van der Waals surface area contributed by atoms with E-state index >= 15 is 0 Å². The predicted octanol–water partition coefficient (Wildman–Crippen LogP) is 3.39. The summed E-state index contributed by atoms with van der Waals surface area (Å²) in [6.45, 7) is 0.890. The Labute approximate surface area is 188 Å². The van der Waals surface area contributed by atoms with Gasteiger partial charge in [0, 0.05) is 37.7 Å². The van der Waals surface area contributed by atoms with Crippen molar-refractivity contribution in [1.29, 1.82) is 0 Å². The lowest BCUT2D eigenvalue weighted by atomic mass is 9.97. The average Bonchev–Trinajstić information content (AvgIpc) is 2.83. The van der Waals surface area contributed by atoms with Gasteiger partial charge in [0.15, 0.2) is 0 Å². The topological polar surface area (TPSA) is 79.3 Å². The lowest BCUT2D eigenvalue weighted by Crippen LogP contribution is -2.56. The van der Waals surface area contributed by atoms with Gasteiger partial charge >= 0.3 is 0 Å². The number of aryl methyl sites for hydroxylation is 1. The second kappa shape index (κ2) is 10.0. The van der Waals surface area contributed by atoms with Gasteiger partial charge in [-0.25, -0.2) is 0 Å². The molecule has 0 spiro atoms. The fourth-order valence-corrected chi connectivity index (χ4v) is 4.53. The van der Waals surface area contributed by atoms with Crippen LogP contribution in [0.2, 0.25) is 0 Å². The maximum atomic E-state index is 13.7. The minimum atomic E-state index is -0.322. The smallest absolute Gasteiger partial charge is 0.259 e. The molecule has 2 aliphatic heterocycles. The SMILES string of the molecule is COc1ccc(C(=O)N2CCCCC2N2C(=O)CCc3ccccc32)c(OCCCO)c1. The molecule has 32 heavy (non-hydrogen) atoms. The molecule has 1 N–H and O–H groups in total. The van der Waals surface area contributed by atoms with Crippen LogP contribution < -0.4 is 14.4 Å². The van der Waals surface area contributed by atoms with Crippen LogP contribution in [0, 0.1) is 0 Å². The van der Waals surface area contributed by atoms with Crippen LogP contribution in [0.25, 0.3) is 0 Å². The van der Waals surface area contributed by atoms with Crippen LogP contribution >= 0.6 is 0 Å². The third kappa shape index (κ3) is 4.43. The molecule has 7 heteroatoms. The van der Waals surface area contributed by atoms with Crippen LogP contribution in [0.4, 0.5) is 5.69 Å². The number of carbonyl (C=O) groups excluding carboxylic acids is 2. The number of nitrogens with zero attached hydrogens (tertiary/aromatic N) is 2. The Bertz CT molecular complexity index is 977. The molecule has 0 aliphatic carbocycles. The van der Waals surface area contributed by atoms with Gasteiger partial charge in [-0.1, -0.05) is 18.2 Å². The Balaban J connectivity index is 1.66. The minimum absolute atomic E-state index is 0.0118. The number of rotatable bonds is 7. The number of benzene rings is 2. The van der Waals surface area contributed by atoms with Gasteiger partial charge in [0.05, 0.1) is 19.3 Å². The number of aliphatic hydroxyl groups excluding tert-OH is 1. The van der Waals surface area contributed by atoms with Crippen molar-refractivity contribution in [2.45, 2.75) is 44.7 Å². The number of methoxy groups -OCH3 is 1. The molecule has 7 nitrogen and oxygen atoms in total. The molecule has 0 aromatic heterocycles. The van der Waals surface area contributed by atoms with E-state index in [1.54, 1.807) is 25.3 Å². The molecular formula is C25H30N2O5. The summed E-state index contributed by atoms with van der Waals surface area (Å²) in [7, 11) is 1.56. The van der Waals surface area contributed by atoms with Crippen LogP contribution in [0.5, 0.6) is 11.5 Å². The van der Waals surface area contributed by atoms with Crippen LogP contribution in [0.3, 0.4) is 0 Å². The first-order chi connectivity index (χ1) is 15.6. The van der Waals surface area contributed by atoms with Gasteiger partial charge in [-0.05, 0) is 49.4 Å². The van der Waals surface area contributed by atoms with Gasteiger partial charge in [-0.3, -0.25) is 14.5 Å². The number of anilines is 1. The largest absolute Gasteiger partial charge is 0.497 e. The highest BCUT2D eigenvalue weighted by molar-refractivity contribution is 6.00. The Morgan fingerprint density at radius 2 is 2.00 bits per heavy atom. The highest BCUT2D eigenvalue weighted by atomic mass is 16.5. The van der Waals surface area contributed by atoms with Crippen LogP contribution in [0.15, 0.2) is 42.5 Å². The number of amides is 2. The standard InChI is InChI=1S/C25H30N2O5/c1-31-19-11-12-20(22(17-19)32-16-6-15-28)25(30)26-14-5-4-9-23(26)27-21-8-3-2-7-18(21)10-13-24(27)29/h2-3,7-8,11-12,17,23,28H,4-6,9-10,13-16H2,1H3. The van der Waals surface area contributed by atoms with E-state index < -0.39 is 0 Å². The Morgan fingerprint density at radius 3 is 2.81 bits per heavy atom. The highest BCUT2D eigenvalue weighted by Gasteiger charge is 2.38. The molecule has 1 unspecified atom stereocenters. The van der Waals surface area contributed by atoms with Crippen LogP contribution in [-0.4, -0.2) is 54.9 Å². The first-order valence-electron chi connectivity index (χ1n) is 11.3. The average molecular weight is 439 g/mol. The molecule has 2 aliphatic rings. The van der Waals surface area contributed by atoms with E-state index in [4.69, 9.17) is 14.6 Å². The number of fused-ring (bicyclic) bond motifs is 1. The first kappa shape index (κ1) is 22.1. The Morgan fingerprint density at radius 1 is 1.16 bits per heavy atom. The van der Waals surface area contributed by atoms with E-state index in [9.17, 15) is 9.59 Å². The summed E-state index contributed by atoms with van der Waals surface area (Å²) in [5.74, 6) is 0.920. The quantitative estimate of drug-likeness (QED) is 0.671. The molecule has 2 heterocycles. The summed E-state index contributed by atoms with van der Waals surface area (Å²) in [4.78, 5) is 30.4. The number of hydrogen-bond donors (Lipinski definition) is 1. The molecule has 1 atom stereocenters. The maximum absolute atomic E-state index is 13.7. The van der Waals surface area contributed by atoms with Crippen molar-refractivity contribution in [2.75, 3.05) is 31.8 Å². The molecule has 2 aromatic carbocycles. The zero-order chi connectivity index (χ0) is 22.5. The molecule has 2 aromatic rings. The number of aliphatic hydroxyl groups is 1.